The Morgan fingerprint density at radius 3 is 2.61 bits per heavy atom. The topological polar surface area (TPSA) is 83.8 Å². The molecule has 4 N–H and O–H groups in total. The molecule has 5 nitrogen and oxygen atoms in total. The first-order chi connectivity index (χ1) is 12.6. The third kappa shape index (κ3) is 6.53. The van der Waals surface area contributed by atoms with E-state index in [2.05, 4.69) is 15.3 Å². The van der Waals surface area contributed by atoms with Gasteiger partial charge in [0.15, 0.2) is 0 Å². The second-order valence-electron chi connectivity index (χ2n) is 5.75. The molecule has 2 aromatic carbocycles. The summed E-state index contributed by atoms with van der Waals surface area (Å²) >= 11 is 1.46. The zero-order chi connectivity index (χ0) is 18.4. The summed E-state index contributed by atoms with van der Waals surface area (Å²) in [4.78, 5) is 20.1. The summed E-state index contributed by atoms with van der Waals surface area (Å²) in [7, 11) is 0. The Morgan fingerprint density at radius 1 is 1.18 bits per heavy atom. The van der Waals surface area contributed by atoms with E-state index >= 15 is 0 Å². The minimum Gasteiger partial charge on any atom is -0.348 e. The molecule has 0 aliphatic carbocycles. The molecule has 1 amide bonds. The fraction of sp³-hybridized carbons (Fsp3) is 0.158. The fourth-order valence-electron chi connectivity index (χ4n) is 2.42. The maximum atomic E-state index is 13.8. The number of amides is 1. The maximum Gasteiger partial charge on any atom is 0.241 e. The fourth-order valence-corrected chi connectivity index (χ4v) is 3.41. The lowest BCUT2D eigenvalue weighted by molar-refractivity contribution is -0.117. The number of halogens is 3. The molecule has 1 aromatic heterocycles. The van der Waals surface area contributed by atoms with Crippen LogP contribution < -0.4 is 11.1 Å². The quantitative estimate of drug-likeness (QED) is 0.478. The molecular formula is C19H21Cl2FN4OS. The van der Waals surface area contributed by atoms with E-state index in [0.29, 0.717) is 23.4 Å². The maximum absolute atomic E-state index is 13.8. The van der Waals surface area contributed by atoms with Crippen molar-refractivity contribution in [1.29, 1.82) is 0 Å². The Kier molecular flexibility index (Phi) is 10.0. The van der Waals surface area contributed by atoms with Gasteiger partial charge in [0.1, 0.15) is 5.82 Å². The van der Waals surface area contributed by atoms with Crippen LogP contribution in [0.5, 0.6) is 0 Å². The summed E-state index contributed by atoms with van der Waals surface area (Å²) < 4.78 is 13.8. The van der Waals surface area contributed by atoms with Crippen LogP contribution in [-0.2, 0) is 17.0 Å². The van der Waals surface area contributed by atoms with Crippen LogP contribution in [0.1, 0.15) is 11.3 Å². The highest BCUT2D eigenvalue weighted by atomic mass is 35.5. The van der Waals surface area contributed by atoms with Crippen molar-refractivity contribution < 1.29 is 9.18 Å². The molecule has 0 fully saturated rings. The number of thioether (sulfide) groups is 1. The number of aromatic amines is 1. The number of carbonyl (C=O) groups excluding carboxylic acids is 1. The molecule has 0 aliphatic heterocycles. The summed E-state index contributed by atoms with van der Waals surface area (Å²) in [5.74, 6) is -0.0404. The van der Waals surface area contributed by atoms with Crippen LogP contribution >= 0.6 is 36.6 Å². The average molecular weight is 443 g/mol. The van der Waals surface area contributed by atoms with Gasteiger partial charge in [-0.1, -0.05) is 30.3 Å². The van der Waals surface area contributed by atoms with E-state index in [0.717, 1.165) is 10.6 Å². The van der Waals surface area contributed by atoms with Crippen molar-refractivity contribution in [3.8, 4) is 0 Å². The van der Waals surface area contributed by atoms with E-state index in [1.807, 2.05) is 24.3 Å². The van der Waals surface area contributed by atoms with Crippen LogP contribution in [0.3, 0.4) is 0 Å². The number of anilines is 1. The molecule has 0 bridgehead atoms. The Hall–Kier alpha value is -2.06. The lowest BCUT2D eigenvalue weighted by atomic mass is 10.1. The minimum atomic E-state index is -0.694. The highest BCUT2D eigenvalue weighted by Crippen LogP contribution is 2.30. The Bertz CT molecular complexity index is 880. The molecular weight excluding hydrogens is 422 g/mol. The van der Waals surface area contributed by atoms with E-state index in [4.69, 9.17) is 5.73 Å². The number of H-pyrrole nitrogens is 1. The van der Waals surface area contributed by atoms with Crippen LogP contribution in [0, 0.1) is 5.82 Å². The Balaban J connectivity index is 0.00000196. The van der Waals surface area contributed by atoms with Crippen LogP contribution in [0.25, 0.3) is 0 Å². The lowest BCUT2D eigenvalue weighted by Gasteiger charge is -2.14. The predicted molar refractivity (Wildman–Crippen MR) is 116 cm³/mol. The molecule has 0 aliphatic rings. The van der Waals surface area contributed by atoms with E-state index in [1.54, 1.807) is 30.7 Å². The number of hydrogen-bond acceptors (Lipinski definition) is 4. The molecule has 1 atom stereocenters. The van der Waals surface area contributed by atoms with Gasteiger partial charge in [0.25, 0.3) is 0 Å². The van der Waals surface area contributed by atoms with Crippen LogP contribution in [0.2, 0.25) is 0 Å². The Labute approximate surface area is 179 Å². The van der Waals surface area contributed by atoms with Gasteiger partial charge in [-0.3, -0.25) is 4.79 Å². The van der Waals surface area contributed by atoms with E-state index < -0.39 is 6.04 Å². The number of nitrogens with two attached hydrogens (primary N) is 1. The predicted octanol–water partition coefficient (Wildman–Crippen LogP) is 4.19. The van der Waals surface area contributed by atoms with Gasteiger partial charge >= 0.3 is 0 Å². The number of nitrogens with zero attached hydrogens (tertiary/aromatic N) is 1. The number of imidazole rings is 1. The van der Waals surface area contributed by atoms with Gasteiger partial charge in [0, 0.05) is 29.0 Å². The Morgan fingerprint density at radius 2 is 1.89 bits per heavy atom. The van der Waals surface area contributed by atoms with Crippen LogP contribution in [0.4, 0.5) is 10.1 Å². The zero-order valence-corrected chi connectivity index (χ0v) is 17.3. The van der Waals surface area contributed by atoms with Crippen LogP contribution in [0.15, 0.2) is 66.0 Å². The number of nitrogens with one attached hydrogen (secondary N) is 2. The number of aromatic nitrogens is 2. The van der Waals surface area contributed by atoms with Crippen molar-refractivity contribution in [1.82, 2.24) is 9.97 Å². The number of hydrogen-bond donors (Lipinski definition) is 3. The zero-order valence-electron chi connectivity index (χ0n) is 14.8. The van der Waals surface area contributed by atoms with Gasteiger partial charge in [-0.15, -0.1) is 36.6 Å². The molecule has 3 rings (SSSR count). The van der Waals surface area contributed by atoms with Gasteiger partial charge in [-0.25, -0.2) is 9.37 Å². The van der Waals surface area contributed by atoms with Crippen molar-refractivity contribution in [3.05, 3.63) is 78.1 Å². The van der Waals surface area contributed by atoms with Gasteiger partial charge < -0.3 is 16.0 Å². The van der Waals surface area contributed by atoms with Gasteiger partial charge in [0.05, 0.1) is 18.1 Å². The normalized spacial score (nSPS) is 11.1. The van der Waals surface area contributed by atoms with Crippen molar-refractivity contribution in [3.63, 3.8) is 0 Å². The number of benzene rings is 2. The van der Waals surface area contributed by atoms with Gasteiger partial charge in [-0.2, -0.15) is 0 Å². The first-order valence-electron chi connectivity index (χ1n) is 8.12. The average Bonchev–Trinajstić information content (AvgIpc) is 3.15. The van der Waals surface area contributed by atoms with Gasteiger partial charge in [0.2, 0.25) is 5.91 Å². The SMILES string of the molecule is Cl.Cl.N[C@@H](Cc1cnc[nH]1)C(=O)Nc1ccccc1SCc1ccccc1F. The summed E-state index contributed by atoms with van der Waals surface area (Å²) in [6.07, 6.45) is 3.57. The minimum absolute atomic E-state index is 0. The van der Waals surface area contributed by atoms with Crippen molar-refractivity contribution >= 4 is 48.2 Å². The summed E-state index contributed by atoms with van der Waals surface area (Å²) in [6, 6.07) is 13.4. The second kappa shape index (κ2) is 11.7. The summed E-state index contributed by atoms with van der Waals surface area (Å²) in [5.41, 5.74) is 8.06. The third-order valence-corrected chi connectivity index (χ3v) is 4.94. The molecule has 150 valence electrons. The second-order valence-corrected chi connectivity index (χ2v) is 6.77. The van der Waals surface area contributed by atoms with Crippen molar-refractivity contribution in [2.45, 2.75) is 23.1 Å². The molecule has 9 heteroatoms. The standard InChI is InChI=1S/C19H19FN4OS.2ClH/c20-15-6-2-1-5-13(15)11-26-18-8-4-3-7-17(18)24-19(25)16(21)9-14-10-22-12-23-14;;/h1-8,10,12,16H,9,11,21H2,(H,22,23)(H,24,25);2*1H/t16-;;/m0../s1. The first kappa shape index (κ1) is 24.0. The first-order valence-corrected chi connectivity index (χ1v) is 9.11. The van der Waals surface area contributed by atoms with Gasteiger partial charge in [-0.05, 0) is 23.8 Å². The number of rotatable bonds is 7. The van der Waals surface area contributed by atoms with Crippen LogP contribution in [-0.4, -0.2) is 21.9 Å². The van der Waals surface area contributed by atoms with E-state index in [9.17, 15) is 9.18 Å². The van der Waals surface area contributed by atoms with Crippen molar-refractivity contribution in [2.75, 3.05) is 5.32 Å². The summed E-state index contributed by atoms with van der Waals surface area (Å²) in [5, 5.41) is 2.86. The summed E-state index contributed by atoms with van der Waals surface area (Å²) in [6.45, 7) is 0. The molecule has 0 spiro atoms. The monoisotopic (exact) mass is 442 g/mol. The molecule has 1 heterocycles. The van der Waals surface area contributed by atoms with E-state index in [1.165, 1.54) is 17.8 Å². The molecule has 28 heavy (non-hydrogen) atoms. The van der Waals surface area contributed by atoms with E-state index in [-0.39, 0.29) is 36.5 Å². The molecule has 0 radical (unpaired) electrons. The smallest absolute Gasteiger partial charge is 0.241 e. The molecule has 0 saturated heterocycles. The molecule has 0 unspecified atom stereocenters. The number of para-hydroxylation sites is 1. The largest absolute Gasteiger partial charge is 0.348 e. The number of carbonyl (C=O) groups is 1. The lowest BCUT2D eigenvalue weighted by Crippen LogP contribution is -2.37. The highest BCUT2D eigenvalue weighted by molar-refractivity contribution is 7.98. The third-order valence-electron chi connectivity index (χ3n) is 3.82. The van der Waals surface area contributed by atoms with Crippen molar-refractivity contribution in [2.24, 2.45) is 5.73 Å². The highest BCUT2D eigenvalue weighted by Gasteiger charge is 2.16. The molecule has 0 saturated carbocycles. The molecule has 3 aromatic rings.